The highest BCUT2D eigenvalue weighted by Crippen LogP contribution is 2.27. The molecule has 0 N–H and O–H groups in total. The predicted octanol–water partition coefficient (Wildman–Crippen LogP) is 2.00. The van der Waals surface area contributed by atoms with Crippen molar-refractivity contribution in [2.45, 2.75) is 4.90 Å². The molecule has 0 fully saturated rings. The van der Waals surface area contributed by atoms with Gasteiger partial charge in [-0.15, -0.1) is 0 Å². The minimum atomic E-state index is -3.26. The first-order chi connectivity index (χ1) is 7.98. The maximum absolute atomic E-state index is 11.3. The third-order valence-electron chi connectivity index (χ3n) is 2.13. The van der Waals surface area contributed by atoms with Gasteiger partial charge in [0.2, 0.25) is 0 Å². The molecule has 2 aromatic rings. The van der Waals surface area contributed by atoms with Gasteiger partial charge >= 0.3 is 0 Å². The Kier molecular flexibility index (Phi) is 3.13. The Hall–Kier alpha value is -1.46. The van der Waals surface area contributed by atoms with E-state index >= 15 is 0 Å². The monoisotopic (exact) mass is 267 g/mol. The summed E-state index contributed by atoms with van der Waals surface area (Å²) in [6, 6.07) is 7.17. The number of halogens is 1. The average molecular weight is 268 g/mol. The third-order valence-corrected chi connectivity index (χ3v) is 3.56. The van der Waals surface area contributed by atoms with Gasteiger partial charge < -0.3 is 0 Å². The summed E-state index contributed by atoms with van der Waals surface area (Å²) < 4.78 is 22.7. The summed E-state index contributed by atoms with van der Waals surface area (Å²) in [7, 11) is -3.26. The molecule has 0 aliphatic heterocycles. The molecule has 1 aromatic heterocycles. The first-order valence-corrected chi connectivity index (χ1v) is 6.93. The van der Waals surface area contributed by atoms with Crippen LogP contribution in [-0.2, 0) is 9.84 Å². The molecule has 0 bridgehead atoms. The van der Waals surface area contributed by atoms with Crippen LogP contribution in [0.1, 0.15) is 0 Å². The topological polar surface area (TPSA) is 59.9 Å². The van der Waals surface area contributed by atoms with Crippen molar-refractivity contribution in [3.8, 4) is 11.4 Å². The van der Waals surface area contributed by atoms with Crippen LogP contribution in [0, 0.1) is 6.07 Å². The van der Waals surface area contributed by atoms with Crippen molar-refractivity contribution in [3.05, 3.63) is 41.7 Å². The molecule has 0 spiro atoms. The molecule has 1 radical (unpaired) electrons. The van der Waals surface area contributed by atoms with E-state index in [4.69, 9.17) is 11.6 Å². The Bertz CT molecular complexity index is 642. The molecule has 0 saturated heterocycles. The van der Waals surface area contributed by atoms with Gasteiger partial charge in [0.15, 0.2) is 15.7 Å². The minimum absolute atomic E-state index is 0.175. The van der Waals surface area contributed by atoms with E-state index in [9.17, 15) is 8.42 Å². The fourth-order valence-corrected chi connectivity index (χ4v) is 2.29. The molecule has 6 heteroatoms. The van der Waals surface area contributed by atoms with Gasteiger partial charge in [0.05, 0.1) is 9.92 Å². The molecule has 1 heterocycles. The zero-order chi connectivity index (χ0) is 12.5. The van der Waals surface area contributed by atoms with E-state index < -0.39 is 9.84 Å². The van der Waals surface area contributed by atoms with Crippen LogP contribution < -0.4 is 0 Å². The summed E-state index contributed by atoms with van der Waals surface area (Å²) in [5.74, 6) is 0.439. The lowest BCUT2D eigenvalue weighted by molar-refractivity contribution is 0.602. The maximum Gasteiger partial charge on any atom is 0.175 e. The maximum atomic E-state index is 11.3. The molecule has 17 heavy (non-hydrogen) atoms. The largest absolute Gasteiger partial charge is 0.236 e. The molecule has 4 nitrogen and oxygen atoms in total. The summed E-state index contributed by atoms with van der Waals surface area (Å²) in [5, 5.41) is 0.305. The Morgan fingerprint density at radius 3 is 2.41 bits per heavy atom. The van der Waals surface area contributed by atoms with Gasteiger partial charge in [-0.25, -0.2) is 18.4 Å². The molecule has 0 unspecified atom stereocenters. The summed E-state index contributed by atoms with van der Waals surface area (Å²) >= 11 is 6.02. The first kappa shape index (κ1) is 12.0. The number of nitrogens with zero attached hydrogens (tertiary/aromatic N) is 2. The summed E-state index contributed by atoms with van der Waals surface area (Å²) in [6.07, 6.45) is 4.08. The molecular weight excluding hydrogens is 260 g/mol. The molecule has 0 aliphatic carbocycles. The third kappa shape index (κ3) is 2.62. The zero-order valence-electron chi connectivity index (χ0n) is 8.88. The average Bonchev–Trinajstić information content (AvgIpc) is 2.29. The van der Waals surface area contributed by atoms with Crippen LogP contribution in [0.25, 0.3) is 11.4 Å². The molecule has 2 rings (SSSR count). The lowest BCUT2D eigenvalue weighted by atomic mass is 10.2. The van der Waals surface area contributed by atoms with Crippen LogP contribution in [0.4, 0.5) is 0 Å². The quantitative estimate of drug-likeness (QED) is 0.835. The number of aromatic nitrogens is 2. The van der Waals surface area contributed by atoms with Crippen molar-refractivity contribution < 1.29 is 8.42 Å². The summed E-state index contributed by atoms with van der Waals surface area (Å²) in [5.41, 5.74) is 0.591. The van der Waals surface area contributed by atoms with Crippen LogP contribution in [0.2, 0.25) is 5.02 Å². The van der Waals surface area contributed by atoms with Crippen LogP contribution in [0.5, 0.6) is 0 Å². The molecule has 87 valence electrons. The second kappa shape index (κ2) is 4.43. The molecule has 0 amide bonds. The summed E-state index contributed by atoms with van der Waals surface area (Å²) in [6.45, 7) is 0. The van der Waals surface area contributed by atoms with E-state index in [1.165, 1.54) is 24.5 Å². The number of hydrogen-bond acceptors (Lipinski definition) is 4. The molecular formula is C11H8ClN2O2S. The van der Waals surface area contributed by atoms with E-state index in [1.54, 1.807) is 6.07 Å². The zero-order valence-corrected chi connectivity index (χ0v) is 10.5. The second-order valence-electron chi connectivity index (χ2n) is 3.42. The van der Waals surface area contributed by atoms with Gasteiger partial charge in [0.25, 0.3) is 0 Å². The van der Waals surface area contributed by atoms with Crippen molar-refractivity contribution in [3.63, 3.8) is 0 Å². The van der Waals surface area contributed by atoms with Gasteiger partial charge in [-0.1, -0.05) is 11.6 Å². The van der Waals surface area contributed by atoms with Crippen LogP contribution in [0.15, 0.2) is 35.5 Å². The SMILES string of the molecule is CS(=O)(=O)c1ccc(-c2nc[c]cn2)c(Cl)c1. The Morgan fingerprint density at radius 2 is 1.88 bits per heavy atom. The van der Waals surface area contributed by atoms with Crippen LogP contribution in [0.3, 0.4) is 0 Å². The van der Waals surface area contributed by atoms with Crippen molar-refractivity contribution in [2.24, 2.45) is 0 Å². The Morgan fingerprint density at radius 1 is 1.24 bits per heavy atom. The number of rotatable bonds is 2. The van der Waals surface area contributed by atoms with Crippen molar-refractivity contribution in [1.82, 2.24) is 9.97 Å². The molecule has 0 aliphatic rings. The normalized spacial score (nSPS) is 11.4. The number of benzene rings is 1. The number of sulfone groups is 1. The fourth-order valence-electron chi connectivity index (χ4n) is 1.31. The lowest BCUT2D eigenvalue weighted by Gasteiger charge is -2.04. The highest BCUT2D eigenvalue weighted by atomic mass is 35.5. The van der Waals surface area contributed by atoms with Gasteiger partial charge in [0, 0.05) is 30.3 Å². The predicted molar refractivity (Wildman–Crippen MR) is 64.4 cm³/mol. The van der Waals surface area contributed by atoms with E-state index in [0.29, 0.717) is 16.4 Å². The van der Waals surface area contributed by atoms with Crippen LogP contribution >= 0.6 is 11.6 Å². The van der Waals surface area contributed by atoms with Crippen molar-refractivity contribution >= 4 is 21.4 Å². The number of hydrogen-bond donors (Lipinski definition) is 0. The Balaban J connectivity index is 2.54. The smallest absolute Gasteiger partial charge is 0.175 e. The summed E-state index contributed by atoms with van der Waals surface area (Å²) in [4.78, 5) is 8.18. The van der Waals surface area contributed by atoms with Gasteiger partial charge in [-0.2, -0.15) is 0 Å². The highest BCUT2D eigenvalue weighted by molar-refractivity contribution is 7.90. The van der Waals surface area contributed by atoms with Gasteiger partial charge in [-0.05, 0) is 18.2 Å². The standard InChI is InChI=1S/C11H8ClN2O2S/c1-17(15,16)8-3-4-9(10(12)7-8)11-13-5-2-6-14-11/h3-7H,1H3. The van der Waals surface area contributed by atoms with Crippen molar-refractivity contribution in [2.75, 3.05) is 6.26 Å². The van der Waals surface area contributed by atoms with Crippen molar-refractivity contribution in [1.29, 1.82) is 0 Å². The second-order valence-corrected chi connectivity index (χ2v) is 5.84. The first-order valence-electron chi connectivity index (χ1n) is 4.66. The van der Waals surface area contributed by atoms with E-state index in [-0.39, 0.29) is 4.90 Å². The molecule has 0 atom stereocenters. The van der Waals surface area contributed by atoms with Gasteiger partial charge in [-0.3, -0.25) is 0 Å². The molecule has 1 aromatic carbocycles. The lowest BCUT2D eigenvalue weighted by Crippen LogP contribution is -1.97. The highest BCUT2D eigenvalue weighted by Gasteiger charge is 2.12. The minimum Gasteiger partial charge on any atom is -0.236 e. The van der Waals surface area contributed by atoms with E-state index in [1.807, 2.05) is 0 Å². The van der Waals surface area contributed by atoms with E-state index in [2.05, 4.69) is 16.0 Å². The molecule has 0 saturated carbocycles. The Labute approximate surface area is 104 Å². The fraction of sp³-hybridized carbons (Fsp3) is 0.0909. The van der Waals surface area contributed by atoms with E-state index in [0.717, 1.165) is 6.26 Å². The van der Waals surface area contributed by atoms with Crippen LogP contribution in [-0.4, -0.2) is 24.6 Å². The van der Waals surface area contributed by atoms with Gasteiger partial charge in [0.1, 0.15) is 0 Å².